The number of aromatic nitrogens is 1. The van der Waals surface area contributed by atoms with Crippen LogP contribution in [0.15, 0.2) is 23.2 Å². The van der Waals surface area contributed by atoms with E-state index in [-0.39, 0.29) is 4.90 Å². The number of pyridine rings is 1. The quantitative estimate of drug-likeness (QED) is 0.793. The van der Waals surface area contributed by atoms with Gasteiger partial charge in [0.2, 0.25) is 10.0 Å². The summed E-state index contributed by atoms with van der Waals surface area (Å²) in [5.74, 6) is 0.685. The van der Waals surface area contributed by atoms with Crippen LogP contribution in [0.25, 0.3) is 0 Å². The molecule has 2 rings (SSSR count). The molecule has 0 spiro atoms. The van der Waals surface area contributed by atoms with Gasteiger partial charge in [-0.3, -0.25) is 0 Å². The minimum Gasteiger partial charge on any atom is -0.370 e. The lowest BCUT2D eigenvalue weighted by atomic mass is 10.1. The molecule has 0 aromatic carbocycles. The van der Waals surface area contributed by atoms with E-state index in [1.807, 2.05) is 6.92 Å². The molecule has 2 N–H and O–H groups in total. The fourth-order valence-corrected chi connectivity index (χ4v) is 3.39. The molecule has 1 saturated heterocycles. The summed E-state index contributed by atoms with van der Waals surface area (Å²) >= 11 is 0. The van der Waals surface area contributed by atoms with Crippen molar-refractivity contribution in [2.24, 2.45) is 0 Å². The number of anilines is 1. The Bertz CT molecular complexity index is 524. The summed E-state index contributed by atoms with van der Waals surface area (Å²) in [5.41, 5.74) is 0. The van der Waals surface area contributed by atoms with Crippen LogP contribution in [0.2, 0.25) is 0 Å². The highest BCUT2D eigenvalue weighted by Crippen LogP contribution is 2.11. The molecule has 6 nitrogen and oxygen atoms in total. The third-order valence-electron chi connectivity index (χ3n) is 3.57. The summed E-state index contributed by atoms with van der Waals surface area (Å²) in [7, 11) is -3.46. The van der Waals surface area contributed by atoms with Crippen molar-refractivity contribution in [2.45, 2.75) is 31.1 Å². The minimum atomic E-state index is -3.46. The van der Waals surface area contributed by atoms with Crippen LogP contribution in [0.5, 0.6) is 0 Å². The van der Waals surface area contributed by atoms with Crippen LogP contribution in [-0.4, -0.2) is 51.0 Å². The first-order valence-electron chi connectivity index (χ1n) is 7.54. The molecule has 0 unspecified atom stereocenters. The summed E-state index contributed by atoms with van der Waals surface area (Å²) in [4.78, 5) is 6.61. The van der Waals surface area contributed by atoms with Crippen molar-refractivity contribution in [2.75, 3.05) is 38.0 Å². The molecule has 0 radical (unpaired) electrons. The zero-order chi connectivity index (χ0) is 15.1. The maximum atomic E-state index is 12.2. The smallest absolute Gasteiger partial charge is 0.242 e. The average molecular weight is 312 g/mol. The Kier molecular flexibility index (Phi) is 5.96. The van der Waals surface area contributed by atoms with Gasteiger partial charge in [0.1, 0.15) is 10.7 Å². The Hall–Kier alpha value is -1.18. The Morgan fingerprint density at radius 3 is 2.62 bits per heavy atom. The van der Waals surface area contributed by atoms with Gasteiger partial charge in [-0.2, -0.15) is 0 Å². The van der Waals surface area contributed by atoms with Gasteiger partial charge in [0, 0.05) is 25.8 Å². The molecule has 1 aromatic heterocycles. The highest BCUT2D eigenvalue weighted by atomic mass is 32.2. The van der Waals surface area contributed by atoms with Gasteiger partial charge in [-0.05, 0) is 45.0 Å². The van der Waals surface area contributed by atoms with Crippen molar-refractivity contribution in [3.63, 3.8) is 0 Å². The van der Waals surface area contributed by atoms with Crippen molar-refractivity contribution >= 4 is 15.8 Å². The van der Waals surface area contributed by atoms with E-state index < -0.39 is 10.0 Å². The zero-order valence-electron chi connectivity index (χ0n) is 12.5. The first-order chi connectivity index (χ1) is 10.1. The number of hydrogen-bond acceptors (Lipinski definition) is 5. The maximum absolute atomic E-state index is 12.2. The van der Waals surface area contributed by atoms with Crippen LogP contribution < -0.4 is 10.0 Å². The topological polar surface area (TPSA) is 74.3 Å². The fourth-order valence-electron chi connectivity index (χ4n) is 2.43. The Labute approximate surface area is 127 Å². The summed E-state index contributed by atoms with van der Waals surface area (Å²) < 4.78 is 27.0. The van der Waals surface area contributed by atoms with E-state index in [1.54, 1.807) is 12.1 Å². The number of piperidine rings is 1. The number of nitrogens with one attached hydrogen (secondary N) is 2. The normalized spacial score (nSPS) is 16.8. The second-order valence-electron chi connectivity index (χ2n) is 5.21. The van der Waals surface area contributed by atoms with Crippen LogP contribution in [0.4, 0.5) is 5.82 Å². The van der Waals surface area contributed by atoms with Crippen molar-refractivity contribution in [1.82, 2.24) is 14.6 Å². The molecule has 0 saturated carbocycles. The van der Waals surface area contributed by atoms with E-state index in [2.05, 4.69) is 19.9 Å². The van der Waals surface area contributed by atoms with Crippen LogP contribution in [-0.2, 0) is 10.0 Å². The number of sulfonamides is 1. The number of hydrogen-bond donors (Lipinski definition) is 2. The molecular weight excluding hydrogens is 288 g/mol. The predicted octanol–water partition coefficient (Wildman–Crippen LogP) is 1.28. The van der Waals surface area contributed by atoms with Gasteiger partial charge in [-0.1, -0.05) is 6.42 Å². The Morgan fingerprint density at radius 1 is 1.24 bits per heavy atom. The van der Waals surface area contributed by atoms with E-state index >= 15 is 0 Å². The van der Waals surface area contributed by atoms with Crippen LogP contribution in [0, 0.1) is 0 Å². The molecule has 0 amide bonds. The summed E-state index contributed by atoms with van der Waals surface area (Å²) in [5, 5.41) is 3.04. The number of rotatable bonds is 7. The Morgan fingerprint density at radius 2 is 2.00 bits per heavy atom. The molecule has 21 heavy (non-hydrogen) atoms. The summed E-state index contributed by atoms with van der Waals surface area (Å²) in [6, 6.07) is 3.26. The van der Waals surface area contributed by atoms with Crippen molar-refractivity contribution in [3.05, 3.63) is 18.3 Å². The van der Waals surface area contributed by atoms with Gasteiger partial charge in [-0.15, -0.1) is 0 Å². The maximum Gasteiger partial charge on any atom is 0.242 e. The van der Waals surface area contributed by atoms with Gasteiger partial charge in [0.25, 0.3) is 0 Å². The highest BCUT2D eigenvalue weighted by Gasteiger charge is 2.15. The zero-order valence-corrected chi connectivity index (χ0v) is 13.3. The van der Waals surface area contributed by atoms with Crippen molar-refractivity contribution < 1.29 is 8.42 Å². The van der Waals surface area contributed by atoms with E-state index in [0.29, 0.717) is 12.4 Å². The van der Waals surface area contributed by atoms with E-state index in [0.717, 1.165) is 26.2 Å². The molecule has 0 atom stereocenters. The minimum absolute atomic E-state index is 0.211. The van der Waals surface area contributed by atoms with Crippen LogP contribution in [0.1, 0.15) is 26.2 Å². The molecule has 1 aliphatic heterocycles. The van der Waals surface area contributed by atoms with Gasteiger partial charge < -0.3 is 10.2 Å². The highest BCUT2D eigenvalue weighted by molar-refractivity contribution is 7.89. The largest absolute Gasteiger partial charge is 0.370 e. The number of likely N-dealkylation sites (tertiary alicyclic amines) is 1. The first kappa shape index (κ1) is 16.2. The van der Waals surface area contributed by atoms with E-state index in [1.165, 1.54) is 25.5 Å². The average Bonchev–Trinajstić information content (AvgIpc) is 2.49. The van der Waals surface area contributed by atoms with Gasteiger partial charge in [0.15, 0.2) is 0 Å². The van der Waals surface area contributed by atoms with Gasteiger partial charge in [0.05, 0.1) is 0 Å². The second kappa shape index (κ2) is 7.72. The molecular formula is C14H24N4O2S. The lowest BCUT2D eigenvalue weighted by molar-refractivity contribution is 0.233. The lowest BCUT2D eigenvalue weighted by Crippen LogP contribution is -2.37. The van der Waals surface area contributed by atoms with E-state index in [4.69, 9.17) is 0 Å². The molecule has 118 valence electrons. The van der Waals surface area contributed by atoms with Crippen LogP contribution in [0.3, 0.4) is 0 Å². The number of nitrogens with zero attached hydrogens (tertiary/aromatic N) is 2. The fraction of sp³-hybridized carbons (Fsp3) is 0.643. The van der Waals surface area contributed by atoms with Crippen molar-refractivity contribution in [1.29, 1.82) is 0 Å². The molecule has 1 aliphatic rings. The summed E-state index contributed by atoms with van der Waals surface area (Å²) in [6.45, 7) is 6.07. The monoisotopic (exact) mass is 312 g/mol. The molecule has 7 heteroatoms. The third-order valence-corrected chi connectivity index (χ3v) is 5.02. The van der Waals surface area contributed by atoms with E-state index in [9.17, 15) is 8.42 Å². The molecule has 0 bridgehead atoms. The lowest BCUT2D eigenvalue weighted by Gasteiger charge is -2.26. The third kappa shape index (κ3) is 4.94. The first-order valence-corrected chi connectivity index (χ1v) is 9.02. The van der Waals surface area contributed by atoms with Gasteiger partial charge >= 0.3 is 0 Å². The SMILES string of the molecule is CCNc1ccc(S(=O)(=O)NCCN2CCCCC2)cn1. The standard InChI is InChI=1S/C14H24N4O2S/c1-2-15-14-7-6-13(12-16-14)21(19,20)17-8-11-18-9-4-3-5-10-18/h6-7,12,17H,2-5,8-11H2,1H3,(H,15,16). The summed E-state index contributed by atoms with van der Waals surface area (Å²) in [6.07, 6.45) is 5.10. The van der Waals surface area contributed by atoms with Gasteiger partial charge in [-0.25, -0.2) is 18.1 Å². The molecule has 1 fully saturated rings. The molecule has 0 aliphatic carbocycles. The second-order valence-corrected chi connectivity index (χ2v) is 6.98. The van der Waals surface area contributed by atoms with Crippen LogP contribution >= 0.6 is 0 Å². The molecule has 1 aromatic rings. The molecule has 2 heterocycles. The predicted molar refractivity (Wildman–Crippen MR) is 83.9 cm³/mol. The van der Waals surface area contributed by atoms with Crippen molar-refractivity contribution in [3.8, 4) is 0 Å². The Balaban J connectivity index is 1.85.